The number of nitrogens with zero attached hydrogens (tertiary/aromatic N) is 1. The zero-order chi connectivity index (χ0) is 11.5. The predicted molar refractivity (Wildman–Crippen MR) is 62.2 cm³/mol. The highest BCUT2D eigenvalue weighted by atomic mass is 79.9. The molecule has 0 amide bonds. The SMILES string of the molecule is NC(=S)NNS(=O)(=O)c1cncc(Br)c1. The molecule has 0 aliphatic heterocycles. The Hall–Kier alpha value is -0.770. The molecule has 1 rings (SSSR count). The number of hydrazine groups is 1. The lowest BCUT2D eigenvalue weighted by Crippen LogP contribution is -2.44. The number of pyridine rings is 1. The number of aromatic nitrogens is 1. The van der Waals surface area contributed by atoms with Crippen molar-refractivity contribution in [2.24, 2.45) is 5.73 Å². The van der Waals surface area contributed by atoms with Gasteiger partial charge in [0.1, 0.15) is 4.90 Å². The van der Waals surface area contributed by atoms with Crippen LogP contribution in [0.3, 0.4) is 0 Å². The molecule has 0 aromatic carbocycles. The number of hydrogen-bond donors (Lipinski definition) is 3. The maximum absolute atomic E-state index is 11.5. The number of nitrogens with two attached hydrogens (primary N) is 1. The second-order valence-electron chi connectivity index (χ2n) is 2.43. The van der Waals surface area contributed by atoms with Gasteiger partial charge in [-0.25, -0.2) is 8.42 Å². The zero-order valence-corrected chi connectivity index (χ0v) is 10.5. The third-order valence-electron chi connectivity index (χ3n) is 1.30. The Morgan fingerprint density at radius 2 is 2.20 bits per heavy atom. The Bertz CT molecular complexity index is 476. The number of hydrogen-bond acceptors (Lipinski definition) is 4. The maximum atomic E-state index is 11.5. The van der Waals surface area contributed by atoms with Crippen LogP contribution in [-0.2, 0) is 10.0 Å². The van der Waals surface area contributed by atoms with E-state index in [0.29, 0.717) is 4.47 Å². The van der Waals surface area contributed by atoms with Gasteiger partial charge in [-0.2, -0.15) is 0 Å². The summed E-state index contributed by atoms with van der Waals surface area (Å²) in [7, 11) is -3.70. The maximum Gasteiger partial charge on any atom is 0.258 e. The van der Waals surface area contributed by atoms with Crippen molar-refractivity contribution in [3.05, 3.63) is 22.9 Å². The molecule has 0 bridgehead atoms. The van der Waals surface area contributed by atoms with E-state index in [-0.39, 0.29) is 10.0 Å². The fraction of sp³-hybridized carbons (Fsp3) is 0. The van der Waals surface area contributed by atoms with E-state index < -0.39 is 10.0 Å². The molecule has 0 saturated carbocycles. The van der Waals surface area contributed by atoms with E-state index in [1.54, 1.807) is 0 Å². The number of halogens is 1. The van der Waals surface area contributed by atoms with Crippen molar-refractivity contribution >= 4 is 43.3 Å². The summed E-state index contributed by atoms with van der Waals surface area (Å²) in [5, 5.41) is -0.165. The van der Waals surface area contributed by atoms with E-state index in [0.717, 1.165) is 0 Å². The van der Waals surface area contributed by atoms with Crippen LogP contribution in [0.5, 0.6) is 0 Å². The minimum atomic E-state index is -3.70. The highest BCUT2D eigenvalue weighted by molar-refractivity contribution is 9.10. The topological polar surface area (TPSA) is 97.1 Å². The zero-order valence-electron chi connectivity index (χ0n) is 7.27. The van der Waals surface area contributed by atoms with Gasteiger partial charge in [0.05, 0.1) is 0 Å². The summed E-state index contributed by atoms with van der Waals surface area (Å²) >= 11 is 7.56. The summed E-state index contributed by atoms with van der Waals surface area (Å²) in [5.41, 5.74) is 7.21. The second kappa shape index (κ2) is 4.84. The molecule has 82 valence electrons. The Morgan fingerprint density at radius 3 is 2.73 bits per heavy atom. The van der Waals surface area contributed by atoms with E-state index in [9.17, 15) is 8.42 Å². The molecule has 15 heavy (non-hydrogen) atoms. The summed E-state index contributed by atoms with van der Waals surface area (Å²) in [6.07, 6.45) is 2.67. The molecule has 9 heteroatoms. The fourth-order valence-electron chi connectivity index (χ4n) is 0.716. The van der Waals surface area contributed by atoms with Crippen LogP contribution in [0.15, 0.2) is 27.8 Å². The molecule has 0 spiro atoms. The molecule has 0 aliphatic carbocycles. The Labute approximate surface area is 100 Å². The first-order chi connectivity index (χ1) is 6.92. The summed E-state index contributed by atoms with van der Waals surface area (Å²) in [6, 6.07) is 1.40. The lowest BCUT2D eigenvalue weighted by Gasteiger charge is -2.07. The predicted octanol–water partition coefficient (Wildman–Crippen LogP) is -0.129. The minimum absolute atomic E-state index is 0.000579. The summed E-state index contributed by atoms with van der Waals surface area (Å²) in [6.45, 7) is 0. The van der Waals surface area contributed by atoms with Crippen LogP contribution < -0.4 is 16.0 Å². The molecular weight excluding hydrogens is 304 g/mol. The number of nitrogens with one attached hydrogen (secondary N) is 2. The van der Waals surface area contributed by atoms with Gasteiger partial charge in [-0.15, -0.1) is 4.83 Å². The van der Waals surface area contributed by atoms with Crippen molar-refractivity contribution in [1.82, 2.24) is 15.2 Å². The van der Waals surface area contributed by atoms with Crippen LogP contribution in [0.1, 0.15) is 0 Å². The quantitative estimate of drug-likeness (QED) is 0.531. The van der Waals surface area contributed by atoms with Gasteiger partial charge in [0.2, 0.25) is 0 Å². The number of thiocarbonyl (C=S) groups is 1. The van der Waals surface area contributed by atoms with Gasteiger partial charge in [0.15, 0.2) is 5.11 Å². The molecule has 0 aliphatic rings. The minimum Gasteiger partial charge on any atom is -0.375 e. The standard InChI is InChI=1S/C6H7BrN4O2S2/c7-4-1-5(3-9-2-4)15(12,13)11-10-6(8)14/h1-3,11H,(H3,8,10,14). The molecular formula is C6H7BrN4O2S2. The van der Waals surface area contributed by atoms with Gasteiger partial charge in [-0.3, -0.25) is 10.4 Å². The first kappa shape index (κ1) is 12.3. The average Bonchev–Trinajstić information content (AvgIpc) is 2.15. The summed E-state index contributed by atoms with van der Waals surface area (Å²) < 4.78 is 23.6. The van der Waals surface area contributed by atoms with Crippen molar-refractivity contribution in [3.8, 4) is 0 Å². The molecule has 0 atom stereocenters. The summed E-state index contributed by atoms with van der Waals surface area (Å²) in [5.74, 6) is 0. The highest BCUT2D eigenvalue weighted by Gasteiger charge is 2.14. The molecule has 1 aromatic rings. The van der Waals surface area contributed by atoms with Crippen LogP contribution in [0.4, 0.5) is 0 Å². The van der Waals surface area contributed by atoms with E-state index in [1.807, 2.05) is 4.83 Å². The van der Waals surface area contributed by atoms with Gasteiger partial charge >= 0.3 is 0 Å². The Kier molecular flexibility index (Phi) is 3.97. The normalized spacial score (nSPS) is 11.0. The first-order valence-corrected chi connectivity index (χ1v) is 6.28. The molecule has 4 N–H and O–H groups in total. The van der Waals surface area contributed by atoms with E-state index in [1.165, 1.54) is 18.5 Å². The number of rotatable bonds is 3. The molecule has 0 fully saturated rings. The van der Waals surface area contributed by atoms with Crippen molar-refractivity contribution in [1.29, 1.82) is 0 Å². The molecule has 6 nitrogen and oxygen atoms in total. The van der Waals surface area contributed by atoms with Crippen molar-refractivity contribution in [3.63, 3.8) is 0 Å². The fourth-order valence-corrected chi connectivity index (χ4v) is 2.19. The Morgan fingerprint density at radius 1 is 1.53 bits per heavy atom. The average molecular weight is 311 g/mol. The van der Waals surface area contributed by atoms with Crippen molar-refractivity contribution in [2.45, 2.75) is 4.90 Å². The molecule has 1 heterocycles. The van der Waals surface area contributed by atoms with Crippen LogP contribution >= 0.6 is 28.1 Å². The van der Waals surface area contributed by atoms with Gasteiger partial charge < -0.3 is 5.73 Å². The van der Waals surface area contributed by atoms with Gasteiger partial charge in [-0.05, 0) is 34.2 Å². The Balaban J connectivity index is 2.91. The van der Waals surface area contributed by atoms with Gasteiger partial charge in [0, 0.05) is 16.9 Å². The largest absolute Gasteiger partial charge is 0.375 e. The van der Waals surface area contributed by atoms with Crippen LogP contribution in [0.25, 0.3) is 0 Å². The van der Waals surface area contributed by atoms with Crippen molar-refractivity contribution in [2.75, 3.05) is 0 Å². The van der Waals surface area contributed by atoms with Crippen LogP contribution in [0, 0.1) is 0 Å². The van der Waals surface area contributed by atoms with Crippen molar-refractivity contribution < 1.29 is 8.42 Å². The van der Waals surface area contributed by atoms with Crippen LogP contribution in [0.2, 0.25) is 0 Å². The van der Waals surface area contributed by atoms with Crippen LogP contribution in [-0.4, -0.2) is 18.5 Å². The third kappa shape index (κ3) is 3.70. The first-order valence-electron chi connectivity index (χ1n) is 3.59. The lowest BCUT2D eigenvalue weighted by molar-refractivity contribution is 0.577. The highest BCUT2D eigenvalue weighted by Crippen LogP contribution is 2.13. The smallest absolute Gasteiger partial charge is 0.258 e. The molecule has 1 aromatic heterocycles. The summed E-state index contributed by atoms with van der Waals surface area (Å²) in [4.78, 5) is 5.72. The molecule has 0 saturated heterocycles. The third-order valence-corrected chi connectivity index (χ3v) is 3.05. The van der Waals surface area contributed by atoms with Gasteiger partial charge in [-0.1, -0.05) is 0 Å². The lowest BCUT2D eigenvalue weighted by atomic mass is 10.5. The van der Waals surface area contributed by atoms with Gasteiger partial charge in [0.25, 0.3) is 10.0 Å². The molecule has 0 unspecified atom stereocenters. The van der Waals surface area contributed by atoms with E-state index in [4.69, 9.17) is 5.73 Å². The molecule has 0 radical (unpaired) electrons. The monoisotopic (exact) mass is 310 g/mol. The van der Waals surface area contributed by atoms with E-state index >= 15 is 0 Å². The second-order valence-corrected chi connectivity index (χ2v) is 5.47. The number of sulfonamides is 1. The van der Waals surface area contributed by atoms with E-state index in [2.05, 4.69) is 38.6 Å².